The lowest BCUT2D eigenvalue weighted by Crippen LogP contribution is -2.27. The van der Waals surface area contributed by atoms with Crippen LogP contribution in [0.3, 0.4) is 0 Å². The number of rotatable bonds is 7. The number of nitrogens with zero attached hydrogens (tertiary/aromatic N) is 1. The van der Waals surface area contributed by atoms with Gasteiger partial charge in [0, 0.05) is 11.6 Å². The number of aryl methyl sites for hydroxylation is 1. The van der Waals surface area contributed by atoms with E-state index in [1.54, 1.807) is 12.1 Å². The lowest BCUT2D eigenvalue weighted by Gasteiger charge is -2.13. The van der Waals surface area contributed by atoms with Gasteiger partial charge in [0.05, 0.1) is 29.1 Å². The molecule has 0 atom stereocenters. The van der Waals surface area contributed by atoms with Crippen molar-refractivity contribution in [3.8, 4) is 11.5 Å². The summed E-state index contributed by atoms with van der Waals surface area (Å²) in [6, 6.07) is 11.4. The van der Waals surface area contributed by atoms with Crippen molar-refractivity contribution >= 4 is 44.9 Å². The molecule has 2 amide bonds. The number of hydrogen-bond acceptors (Lipinski definition) is 5. The van der Waals surface area contributed by atoms with E-state index in [1.165, 1.54) is 4.90 Å². The molecule has 0 N–H and O–H groups in total. The number of thioether (sulfide) groups is 1. The maximum absolute atomic E-state index is 12.9. The van der Waals surface area contributed by atoms with Crippen molar-refractivity contribution in [2.24, 2.45) is 0 Å². The Bertz CT molecular complexity index is 956. The van der Waals surface area contributed by atoms with Crippen LogP contribution in [0.25, 0.3) is 6.08 Å². The summed E-state index contributed by atoms with van der Waals surface area (Å²) in [5.74, 6) is 0.970. The molecular formula is C22H22BrNO4S. The fourth-order valence-corrected chi connectivity index (χ4v) is 4.17. The number of imide groups is 1. The van der Waals surface area contributed by atoms with Gasteiger partial charge in [-0.3, -0.25) is 14.5 Å². The molecule has 1 saturated heterocycles. The molecule has 7 heteroatoms. The summed E-state index contributed by atoms with van der Waals surface area (Å²) >= 11 is 4.44. The monoisotopic (exact) mass is 475 g/mol. The van der Waals surface area contributed by atoms with E-state index >= 15 is 0 Å². The smallest absolute Gasteiger partial charge is 0.293 e. The molecular weight excluding hydrogens is 454 g/mol. The van der Waals surface area contributed by atoms with Crippen LogP contribution in [0.15, 0.2) is 45.8 Å². The molecule has 0 unspecified atom stereocenters. The van der Waals surface area contributed by atoms with Crippen molar-refractivity contribution in [1.29, 1.82) is 0 Å². The molecule has 2 aromatic rings. The molecule has 0 saturated carbocycles. The lowest BCUT2D eigenvalue weighted by molar-refractivity contribution is -0.123. The Kier molecular flexibility index (Phi) is 7.03. The minimum atomic E-state index is -0.298. The van der Waals surface area contributed by atoms with Crippen LogP contribution in [0.5, 0.6) is 11.5 Å². The van der Waals surface area contributed by atoms with E-state index in [1.807, 2.05) is 51.1 Å². The second-order valence-electron chi connectivity index (χ2n) is 6.44. The zero-order chi connectivity index (χ0) is 21.0. The van der Waals surface area contributed by atoms with E-state index in [9.17, 15) is 9.59 Å². The van der Waals surface area contributed by atoms with Gasteiger partial charge >= 0.3 is 0 Å². The molecule has 3 rings (SSSR count). The minimum absolute atomic E-state index is 0.258. The average molecular weight is 476 g/mol. The standard InChI is InChI=1S/C22H22BrNO4S/c1-4-27-18-12-19(28-5-2)17(23)10-16(18)11-20-21(25)24(22(26)29-20)13-15-8-6-14(3)7-9-15/h6-12H,4-5,13H2,1-3H3/b20-11-. The van der Waals surface area contributed by atoms with Gasteiger partial charge in [0.2, 0.25) is 0 Å². The fourth-order valence-electron chi connectivity index (χ4n) is 2.86. The third-order valence-electron chi connectivity index (χ3n) is 4.29. The van der Waals surface area contributed by atoms with Gasteiger partial charge in [0.25, 0.3) is 11.1 Å². The summed E-state index contributed by atoms with van der Waals surface area (Å²) in [5.41, 5.74) is 2.76. The van der Waals surface area contributed by atoms with E-state index in [4.69, 9.17) is 9.47 Å². The third-order valence-corrected chi connectivity index (χ3v) is 5.81. The Hall–Kier alpha value is -2.25. The Morgan fingerprint density at radius 3 is 2.34 bits per heavy atom. The number of halogens is 1. The van der Waals surface area contributed by atoms with Crippen molar-refractivity contribution in [3.05, 3.63) is 62.5 Å². The van der Waals surface area contributed by atoms with Crippen molar-refractivity contribution < 1.29 is 19.1 Å². The highest BCUT2D eigenvalue weighted by Gasteiger charge is 2.35. The van der Waals surface area contributed by atoms with E-state index in [2.05, 4.69) is 15.9 Å². The molecule has 29 heavy (non-hydrogen) atoms. The summed E-state index contributed by atoms with van der Waals surface area (Å²) in [5, 5.41) is -0.273. The van der Waals surface area contributed by atoms with Gasteiger partial charge in [-0.15, -0.1) is 0 Å². The Morgan fingerprint density at radius 2 is 1.69 bits per heavy atom. The van der Waals surface area contributed by atoms with Crippen molar-refractivity contribution in [3.63, 3.8) is 0 Å². The predicted octanol–water partition coefficient (Wildman–Crippen LogP) is 5.79. The van der Waals surface area contributed by atoms with E-state index < -0.39 is 0 Å². The van der Waals surface area contributed by atoms with Crippen molar-refractivity contribution in [2.75, 3.05) is 13.2 Å². The summed E-state index contributed by atoms with van der Waals surface area (Å²) in [4.78, 5) is 26.9. The van der Waals surface area contributed by atoms with E-state index in [-0.39, 0.29) is 17.7 Å². The highest BCUT2D eigenvalue weighted by molar-refractivity contribution is 9.10. The molecule has 1 heterocycles. The summed E-state index contributed by atoms with van der Waals surface area (Å²) in [7, 11) is 0. The summed E-state index contributed by atoms with van der Waals surface area (Å²) in [6.45, 7) is 7.06. The van der Waals surface area contributed by atoms with E-state index in [0.29, 0.717) is 35.2 Å². The maximum Gasteiger partial charge on any atom is 0.293 e. The molecule has 1 aliphatic heterocycles. The SMILES string of the molecule is CCOc1cc(OCC)c(/C=C2\SC(=O)N(Cc3ccc(C)cc3)C2=O)cc1Br. The summed E-state index contributed by atoms with van der Waals surface area (Å²) < 4.78 is 12.1. The van der Waals surface area contributed by atoms with Crippen molar-refractivity contribution in [1.82, 2.24) is 4.90 Å². The number of hydrogen-bond donors (Lipinski definition) is 0. The van der Waals surface area contributed by atoms with Crippen LogP contribution in [0, 0.1) is 6.92 Å². The topological polar surface area (TPSA) is 55.8 Å². The van der Waals surface area contributed by atoms with Crippen molar-refractivity contribution in [2.45, 2.75) is 27.3 Å². The number of carbonyl (C=O) groups is 2. The maximum atomic E-state index is 12.9. The highest BCUT2D eigenvalue weighted by atomic mass is 79.9. The van der Waals surface area contributed by atoms with Gasteiger partial charge in [-0.1, -0.05) is 29.8 Å². The molecule has 0 aliphatic carbocycles. The van der Waals surface area contributed by atoms with Gasteiger partial charge in [0.15, 0.2) is 0 Å². The highest BCUT2D eigenvalue weighted by Crippen LogP contribution is 2.38. The molecule has 0 radical (unpaired) electrons. The second-order valence-corrected chi connectivity index (χ2v) is 8.29. The average Bonchev–Trinajstić information content (AvgIpc) is 2.94. The van der Waals surface area contributed by atoms with Crippen LogP contribution in [-0.4, -0.2) is 29.3 Å². The first kappa shape index (κ1) is 21.5. The number of ether oxygens (including phenoxy) is 2. The second kappa shape index (κ2) is 9.50. The molecule has 1 fully saturated rings. The van der Waals surface area contributed by atoms with Gasteiger partial charge in [-0.05, 0) is 66.2 Å². The zero-order valence-electron chi connectivity index (χ0n) is 16.5. The van der Waals surface area contributed by atoms with E-state index in [0.717, 1.165) is 27.4 Å². The minimum Gasteiger partial charge on any atom is -0.493 e. The molecule has 2 aromatic carbocycles. The van der Waals surface area contributed by atoms with Crippen LogP contribution < -0.4 is 9.47 Å². The Balaban J connectivity index is 1.88. The molecule has 0 aromatic heterocycles. The first-order valence-corrected chi connectivity index (χ1v) is 10.9. The van der Waals surface area contributed by atoms with Crippen LogP contribution in [0.2, 0.25) is 0 Å². The molecule has 1 aliphatic rings. The predicted molar refractivity (Wildman–Crippen MR) is 119 cm³/mol. The van der Waals surface area contributed by atoms with Gasteiger partial charge in [-0.25, -0.2) is 0 Å². The normalized spacial score (nSPS) is 15.3. The zero-order valence-corrected chi connectivity index (χ0v) is 18.9. The number of amides is 2. The van der Waals surface area contributed by atoms with Gasteiger partial charge < -0.3 is 9.47 Å². The molecule has 5 nitrogen and oxygen atoms in total. The Morgan fingerprint density at radius 1 is 1.03 bits per heavy atom. The van der Waals surface area contributed by atoms with Gasteiger partial charge in [0.1, 0.15) is 11.5 Å². The first-order valence-electron chi connectivity index (χ1n) is 9.33. The van der Waals surface area contributed by atoms with Gasteiger partial charge in [-0.2, -0.15) is 0 Å². The fraction of sp³-hybridized carbons (Fsp3) is 0.273. The van der Waals surface area contributed by atoms with Crippen LogP contribution >= 0.6 is 27.7 Å². The lowest BCUT2D eigenvalue weighted by atomic mass is 10.1. The van der Waals surface area contributed by atoms with Crippen LogP contribution in [0.1, 0.15) is 30.5 Å². The Labute approximate surface area is 183 Å². The van der Waals surface area contributed by atoms with Crippen LogP contribution in [0.4, 0.5) is 4.79 Å². The summed E-state index contributed by atoms with van der Waals surface area (Å²) in [6.07, 6.45) is 1.70. The molecule has 0 bridgehead atoms. The molecule has 0 spiro atoms. The third kappa shape index (κ3) is 5.03. The number of benzene rings is 2. The van der Waals surface area contributed by atoms with Crippen LogP contribution in [-0.2, 0) is 11.3 Å². The first-order chi connectivity index (χ1) is 13.9. The largest absolute Gasteiger partial charge is 0.493 e. The molecule has 152 valence electrons. The quantitative estimate of drug-likeness (QED) is 0.474. The number of carbonyl (C=O) groups excluding carboxylic acids is 2.